The lowest BCUT2D eigenvalue weighted by molar-refractivity contribution is 0.483. The van der Waals surface area contributed by atoms with Gasteiger partial charge in [-0.25, -0.2) is 0 Å². The Labute approximate surface area is 143 Å². The third kappa shape index (κ3) is 3.87. The van der Waals surface area contributed by atoms with Gasteiger partial charge in [-0.3, -0.25) is 0 Å². The number of nitrogen functional groups attached to an aromatic ring is 1. The summed E-state index contributed by atoms with van der Waals surface area (Å²) >= 11 is 0. The van der Waals surface area contributed by atoms with E-state index in [2.05, 4.69) is 48.2 Å². The standard InChI is InChI=1S/C21H22N2O/c1-2-16-23(18-6-4-3-5-7-18)19-10-14-21(15-11-19)24-20-12-8-17(22)9-13-20/h3-15H,2,16,22H2,1H3. The highest BCUT2D eigenvalue weighted by Gasteiger charge is 2.08. The average Bonchev–Trinajstić information content (AvgIpc) is 2.63. The molecule has 122 valence electrons. The highest BCUT2D eigenvalue weighted by Crippen LogP contribution is 2.29. The fourth-order valence-corrected chi connectivity index (χ4v) is 2.60. The molecule has 3 aromatic rings. The third-order valence-electron chi connectivity index (χ3n) is 3.78. The quantitative estimate of drug-likeness (QED) is 0.600. The largest absolute Gasteiger partial charge is 0.457 e. The molecule has 0 saturated heterocycles. The highest BCUT2D eigenvalue weighted by atomic mass is 16.5. The fraction of sp³-hybridized carbons (Fsp3) is 0.143. The van der Waals surface area contributed by atoms with Crippen LogP contribution < -0.4 is 15.4 Å². The van der Waals surface area contributed by atoms with Gasteiger partial charge in [-0.15, -0.1) is 0 Å². The van der Waals surface area contributed by atoms with E-state index in [1.807, 2.05) is 42.5 Å². The smallest absolute Gasteiger partial charge is 0.127 e. The molecule has 3 heteroatoms. The first-order chi connectivity index (χ1) is 11.8. The van der Waals surface area contributed by atoms with Crippen LogP contribution in [0.25, 0.3) is 0 Å². The Morgan fingerprint density at radius 3 is 1.88 bits per heavy atom. The van der Waals surface area contributed by atoms with Gasteiger partial charge in [-0.2, -0.15) is 0 Å². The number of nitrogens with two attached hydrogens (primary N) is 1. The molecule has 2 N–H and O–H groups in total. The van der Waals surface area contributed by atoms with Gasteiger partial charge in [0.05, 0.1) is 0 Å². The van der Waals surface area contributed by atoms with Crippen molar-refractivity contribution in [3.05, 3.63) is 78.9 Å². The van der Waals surface area contributed by atoms with Gasteiger partial charge in [-0.05, 0) is 67.1 Å². The SMILES string of the molecule is CCCN(c1ccccc1)c1ccc(Oc2ccc(N)cc2)cc1. The highest BCUT2D eigenvalue weighted by molar-refractivity contribution is 5.63. The van der Waals surface area contributed by atoms with Crippen LogP contribution in [0.3, 0.4) is 0 Å². The number of benzene rings is 3. The van der Waals surface area contributed by atoms with Crippen LogP contribution in [0.1, 0.15) is 13.3 Å². The molecular weight excluding hydrogens is 296 g/mol. The number of nitrogens with zero attached hydrogens (tertiary/aromatic N) is 1. The van der Waals surface area contributed by atoms with Gasteiger partial charge in [0.2, 0.25) is 0 Å². The van der Waals surface area contributed by atoms with E-state index < -0.39 is 0 Å². The van der Waals surface area contributed by atoms with Gasteiger partial charge in [0.1, 0.15) is 11.5 Å². The maximum Gasteiger partial charge on any atom is 0.127 e. The van der Waals surface area contributed by atoms with Crippen molar-refractivity contribution in [3.8, 4) is 11.5 Å². The van der Waals surface area contributed by atoms with Crippen molar-refractivity contribution in [1.82, 2.24) is 0 Å². The van der Waals surface area contributed by atoms with Crippen LogP contribution in [0, 0.1) is 0 Å². The second-order valence-electron chi connectivity index (χ2n) is 5.65. The van der Waals surface area contributed by atoms with Crippen molar-refractivity contribution in [2.45, 2.75) is 13.3 Å². The molecule has 0 spiro atoms. The van der Waals surface area contributed by atoms with Crippen molar-refractivity contribution in [2.24, 2.45) is 0 Å². The van der Waals surface area contributed by atoms with E-state index in [1.54, 1.807) is 0 Å². The summed E-state index contributed by atoms with van der Waals surface area (Å²) in [6, 6.07) is 26.0. The summed E-state index contributed by atoms with van der Waals surface area (Å²) in [6.45, 7) is 3.16. The molecule has 0 aromatic heterocycles. The maximum absolute atomic E-state index is 5.86. The molecular formula is C21H22N2O. The third-order valence-corrected chi connectivity index (χ3v) is 3.78. The first kappa shape index (κ1) is 15.9. The lowest BCUT2D eigenvalue weighted by Gasteiger charge is -2.24. The number of para-hydroxylation sites is 1. The van der Waals surface area contributed by atoms with Gasteiger partial charge in [0.25, 0.3) is 0 Å². The van der Waals surface area contributed by atoms with Crippen LogP contribution in [0.15, 0.2) is 78.9 Å². The zero-order chi connectivity index (χ0) is 16.8. The Kier molecular flexibility index (Phi) is 5.02. The molecule has 3 rings (SSSR count). The van der Waals surface area contributed by atoms with Gasteiger partial charge < -0.3 is 15.4 Å². The maximum atomic E-state index is 5.86. The molecule has 0 radical (unpaired) electrons. The summed E-state index contributed by atoms with van der Waals surface area (Å²) in [7, 11) is 0. The minimum absolute atomic E-state index is 0.732. The number of hydrogen-bond acceptors (Lipinski definition) is 3. The van der Waals surface area contributed by atoms with E-state index in [4.69, 9.17) is 10.5 Å². The van der Waals surface area contributed by atoms with E-state index in [-0.39, 0.29) is 0 Å². The summed E-state index contributed by atoms with van der Waals surface area (Å²) in [5, 5.41) is 0. The average molecular weight is 318 g/mol. The monoisotopic (exact) mass is 318 g/mol. The van der Waals surface area contributed by atoms with Gasteiger partial charge in [0, 0.05) is 23.6 Å². The molecule has 0 bridgehead atoms. The summed E-state index contributed by atoms with van der Waals surface area (Å²) in [5.41, 5.74) is 8.79. The molecule has 0 aliphatic rings. The molecule has 3 aromatic carbocycles. The summed E-state index contributed by atoms with van der Waals surface area (Å²) in [4.78, 5) is 2.31. The predicted octanol–water partition coefficient (Wildman–Crippen LogP) is 5.61. The summed E-state index contributed by atoms with van der Waals surface area (Å²) in [6.07, 6.45) is 1.08. The molecule has 0 fully saturated rings. The molecule has 24 heavy (non-hydrogen) atoms. The van der Waals surface area contributed by atoms with Gasteiger partial charge in [-0.1, -0.05) is 25.1 Å². The summed E-state index contributed by atoms with van der Waals surface area (Å²) in [5.74, 6) is 1.60. The normalized spacial score (nSPS) is 10.4. The molecule has 0 atom stereocenters. The minimum atomic E-state index is 0.732. The molecule has 0 saturated carbocycles. The van der Waals surface area contributed by atoms with Crippen LogP contribution in [0.2, 0.25) is 0 Å². The topological polar surface area (TPSA) is 38.5 Å². The predicted molar refractivity (Wildman–Crippen MR) is 101 cm³/mol. The number of ether oxygens (including phenoxy) is 1. The van der Waals surface area contributed by atoms with Crippen LogP contribution in [-0.4, -0.2) is 6.54 Å². The van der Waals surface area contributed by atoms with Crippen molar-refractivity contribution in [2.75, 3.05) is 17.2 Å². The van der Waals surface area contributed by atoms with Crippen LogP contribution in [0.5, 0.6) is 11.5 Å². The molecule has 0 heterocycles. The second-order valence-corrected chi connectivity index (χ2v) is 5.65. The Morgan fingerprint density at radius 2 is 1.29 bits per heavy atom. The Morgan fingerprint density at radius 1 is 0.750 bits per heavy atom. The lowest BCUT2D eigenvalue weighted by atomic mass is 10.2. The van der Waals surface area contributed by atoms with Crippen molar-refractivity contribution in [3.63, 3.8) is 0 Å². The van der Waals surface area contributed by atoms with Gasteiger partial charge >= 0.3 is 0 Å². The van der Waals surface area contributed by atoms with Crippen molar-refractivity contribution < 1.29 is 4.74 Å². The first-order valence-corrected chi connectivity index (χ1v) is 8.22. The molecule has 0 aliphatic heterocycles. The van der Waals surface area contributed by atoms with E-state index in [1.165, 1.54) is 5.69 Å². The Hall–Kier alpha value is -2.94. The van der Waals surface area contributed by atoms with Crippen LogP contribution in [-0.2, 0) is 0 Å². The lowest BCUT2D eigenvalue weighted by Crippen LogP contribution is -2.17. The number of anilines is 3. The number of hydrogen-bond donors (Lipinski definition) is 1. The molecule has 0 amide bonds. The van der Waals surface area contributed by atoms with E-state index in [0.717, 1.165) is 35.8 Å². The van der Waals surface area contributed by atoms with Crippen LogP contribution in [0.4, 0.5) is 17.1 Å². The molecule has 0 aliphatic carbocycles. The second kappa shape index (κ2) is 7.55. The van der Waals surface area contributed by atoms with E-state index in [0.29, 0.717) is 0 Å². The van der Waals surface area contributed by atoms with Crippen molar-refractivity contribution >= 4 is 17.1 Å². The van der Waals surface area contributed by atoms with Crippen molar-refractivity contribution in [1.29, 1.82) is 0 Å². The zero-order valence-electron chi connectivity index (χ0n) is 13.9. The minimum Gasteiger partial charge on any atom is -0.457 e. The number of rotatable bonds is 6. The van der Waals surface area contributed by atoms with E-state index in [9.17, 15) is 0 Å². The van der Waals surface area contributed by atoms with Gasteiger partial charge in [0.15, 0.2) is 0 Å². The zero-order valence-corrected chi connectivity index (χ0v) is 13.9. The summed E-state index contributed by atoms with van der Waals surface area (Å²) < 4.78 is 5.86. The van der Waals surface area contributed by atoms with Crippen LogP contribution >= 0.6 is 0 Å². The van der Waals surface area contributed by atoms with E-state index >= 15 is 0 Å². The first-order valence-electron chi connectivity index (χ1n) is 8.22. The molecule has 3 nitrogen and oxygen atoms in total. The fourth-order valence-electron chi connectivity index (χ4n) is 2.60. The Bertz CT molecular complexity index is 752. The Balaban J connectivity index is 1.78. The molecule has 0 unspecified atom stereocenters.